The highest BCUT2D eigenvalue weighted by Gasteiger charge is 2.24. The molecule has 0 aliphatic carbocycles. The molecule has 1 aromatic heterocycles. The van der Waals surface area contributed by atoms with Crippen molar-refractivity contribution in [1.82, 2.24) is 23.9 Å². The molecule has 2 aromatic rings. The molecule has 130 valence electrons. The average molecular weight is 347 g/mol. The van der Waals surface area contributed by atoms with Crippen molar-refractivity contribution in [3.63, 3.8) is 0 Å². The van der Waals surface area contributed by atoms with Crippen LogP contribution < -0.4 is 5.32 Å². The summed E-state index contributed by atoms with van der Waals surface area (Å²) in [6.07, 6.45) is 1.16. The molecular formula is C17H25N5OS. The molecule has 1 unspecified atom stereocenters. The van der Waals surface area contributed by atoms with Crippen molar-refractivity contribution in [1.29, 1.82) is 0 Å². The molecule has 1 fully saturated rings. The fourth-order valence-corrected chi connectivity index (χ4v) is 3.65. The van der Waals surface area contributed by atoms with Crippen LogP contribution >= 0.6 is 11.7 Å². The number of nitrogens with zero attached hydrogens (tertiary/aromatic N) is 4. The number of carbonyl (C=O) groups excluding carboxylic acids is 1. The number of nitrogens with one attached hydrogen (secondary N) is 1. The summed E-state index contributed by atoms with van der Waals surface area (Å²) in [5.74, 6) is 0.558. The molecule has 0 spiro atoms. The zero-order valence-corrected chi connectivity index (χ0v) is 15.3. The maximum Gasteiger partial charge on any atom is 0.317 e. The number of hydrogen-bond donors (Lipinski definition) is 1. The van der Waals surface area contributed by atoms with E-state index >= 15 is 0 Å². The van der Waals surface area contributed by atoms with Crippen molar-refractivity contribution in [3.8, 4) is 0 Å². The summed E-state index contributed by atoms with van der Waals surface area (Å²) in [7, 11) is 1.83. The fourth-order valence-electron chi connectivity index (χ4n) is 3.14. The lowest BCUT2D eigenvalue weighted by Crippen LogP contribution is -2.40. The number of urea groups is 1. The SMILES string of the molecule is CC(C)N1CCC(CNC(=O)N(C)Cc2ccc3nsnc3c2)C1. The van der Waals surface area contributed by atoms with E-state index in [9.17, 15) is 4.79 Å². The van der Waals surface area contributed by atoms with E-state index in [-0.39, 0.29) is 6.03 Å². The zero-order chi connectivity index (χ0) is 17.1. The van der Waals surface area contributed by atoms with Crippen molar-refractivity contribution in [2.75, 3.05) is 26.7 Å². The van der Waals surface area contributed by atoms with Crippen LogP contribution in [0.1, 0.15) is 25.8 Å². The van der Waals surface area contributed by atoms with E-state index < -0.39 is 0 Å². The summed E-state index contributed by atoms with van der Waals surface area (Å²) >= 11 is 1.21. The van der Waals surface area contributed by atoms with E-state index in [1.165, 1.54) is 11.7 Å². The molecule has 1 N–H and O–H groups in total. The molecule has 1 aromatic carbocycles. The van der Waals surface area contributed by atoms with Crippen molar-refractivity contribution in [2.24, 2.45) is 5.92 Å². The second-order valence-corrected chi connectivity index (χ2v) is 7.40. The van der Waals surface area contributed by atoms with Crippen LogP contribution in [0.5, 0.6) is 0 Å². The molecular weight excluding hydrogens is 322 g/mol. The van der Waals surface area contributed by atoms with Gasteiger partial charge in [-0.2, -0.15) is 8.75 Å². The second-order valence-electron chi connectivity index (χ2n) is 6.87. The highest BCUT2D eigenvalue weighted by atomic mass is 32.1. The summed E-state index contributed by atoms with van der Waals surface area (Å²) in [6, 6.07) is 6.53. The van der Waals surface area contributed by atoms with Gasteiger partial charge in [0.2, 0.25) is 0 Å². The van der Waals surface area contributed by atoms with Gasteiger partial charge in [0.05, 0.1) is 11.7 Å². The molecule has 2 amide bonds. The Hall–Kier alpha value is -1.73. The number of carbonyl (C=O) groups is 1. The Labute approximate surface area is 147 Å². The Balaban J connectivity index is 1.48. The van der Waals surface area contributed by atoms with E-state index in [1.807, 2.05) is 25.2 Å². The monoisotopic (exact) mass is 347 g/mol. The highest BCUT2D eigenvalue weighted by molar-refractivity contribution is 7.00. The van der Waals surface area contributed by atoms with Gasteiger partial charge in [-0.15, -0.1) is 0 Å². The lowest BCUT2D eigenvalue weighted by Gasteiger charge is -2.21. The standard InChI is InChI=1S/C17H25N5OS/c1-12(2)22-7-6-14(11-22)9-18-17(23)21(3)10-13-4-5-15-16(8-13)20-24-19-15/h4-5,8,12,14H,6-7,9-11H2,1-3H3,(H,18,23). The third-order valence-corrected chi connectivity index (χ3v) is 5.23. The van der Waals surface area contributed by atoms with Gasteiger partial charge >= 0.3 is 6.03 Å². The van der Waals surface area contributed by atoms with Gasteiger partial charge < -0.3 is 15.1 Å². The molecule has 1 aliphatic heterocycles. The second kappa shape index (κ2) is 7.44. The Morgan fingerprint density at radius 3 is 2.96 bits per heavy atom. The molecule has 1 atom stereocenters. The van der Waals surface area contributed by atoms with Crippen molar-refractivity contribution in [3.05, 3.63) is 23.8 Å². The maximum atomic E-state index is 12.3. The van der Waals surface area contributed by atoms with Gasteiger partial charge in [0.25, 0.3) is 0 Å². The van der Waals surface area contributed by atoms with Gasteiger partial charge in [-0.3, -0.25) is 0 Å². The predicted octanol–water partition coefficient (Wildman–Crippen LogP) is 2.56. The van der Waals surface area contributed by atoms with Crippen LogP contribution in [0.2, 0.25) is 0 Å². The normalized spacial score (nSPS) is 18.4. The van der Waals surface area contributed by atoms with E-state index in [1.54, 1.807) is 4.90 Å². The van der Waals surface area contributed by atoms with E-state index in [4.69, 9.17) is 0 Å². The number of fused-ring (bicyclic) bond motifs is 1. The van der Waals surface area contributed by atoms with Gasteiger partial charge in [-0.25, -0.2) is 4.79 Å². The summed E-state index contributed by atoms with van der Waals surface area (Å²) in [5.41, 5.74) is 2.87. The van der Waals surface area contributed by atoms with Crippen LogP contribution in [-0.2, 0) is 6.54 Å². The first-order valence-electron chi connectivity index (χ1n) is 8.47. The predicted molar refractivity (Wildman–Crippen MR) is 97.1 cm³/mol. The third kappa shape index (κ3) is 4.02. The maximum absolute atomic E-state index is 12.3. The van der Waals surface area contributed by atoms with Crippen molar-refractivity contribution >= 4 is 28.8 Å². The quantitative estimate of drug-likeness (QED) is 0.903. The summed E-state index contributed by atoms with van der Waals surface area (Å²) < 4.78 is 8.45. The number of hydrogen-bond acceptors (Lipinski definition) is 5. The molecule has 3 rings (SSSR count). The highest BCUT2D eigenvalue weighted by Crippen LogP contribution is 2.18. The van der Waals surface area contributed by atoms with Gasteiger partial charge in [0.1, 0.15) is 11.0 Å². The largest absolute Gasteiger partial charge is 0.338 e. The number of amides is 2. The summed E-state index contributed by atoms with van der Waals surface area (Å²) in [6.45, 7) is 7.99. The Kier molecular flexibility index (Phi) is 5.30. The minimum absolute atomic E-state index is 0.0190. The molecule has 6 nitrogen and oxygen atoms in total. The van der Waals surface area contributed by atoms with Crippen LogP contribution in [0.15, 0.2) is 18.2 Å². The van der Waals surface area contributed by atoms with Gasteiger partial charge in [0, 0.05) is 32.7 Å². The molecule has 24 heavy (non-hydrogen) atoms. The number of rotatable bonds is 5. The molecule has 0 saturated carbocycles. The Bertz CT molecular complexity index is 701. The lowest BCUT2D eigenvalue weighted by atomic mass is 10.1. The first kappa shape index (κ1) is 17.1. The van der Waals surface area contributed by atoms with E-state index in [0.29, 0.717) is 18.5 Å². The fraction of sp³-hybridized carbons (Fsp3) is 0.588. The molecule has 7 heteroatoms. The van der Waals surface area contributed by atoms with Gasteiger partial charge in [-0.1, -0.05) is 6.07 Å². The first-order valence-corrected chi connectivity index (χ1v) is 9.20. The van der Waals surface area contributed by atoms with Crippen LogP contribution in [0.4, 0.5) is 4.79 Å². The Morgan fingerprint density at radius 1 is 1.42 bits per heavy atom. The van der Waals surface area contributed by atoms with Crippen LogP contribution in [0.25, 0.3) is 11.0 Å². The number of benzene rings is 1. The van der Waals surface area contributed by atoms with Crippen molar-refractivity contribution in [2.45, 2.75) is 32.9 Å². The minimum Gasteiger partial charge on any atom is -0.338 e. The van der Waals surface area contributed by atoms with Gasteiger partial charge in [0.15, 0.2) is 0 Å². The average Bonchev–Trinajstić information content (AvgIpc) is 3.21. The molecule has 1 aliphatic rings. The molecule has 0 radical (unpaired) electrons. The van der Waals surface area contributed by atoms with Crippen molar-refractivity contribution < 1.29 is 4.79 Å². The van der Waals surface area contributed by atoms with E-state index in [0.717, 1.165) is 42.7 Å². The van der Waals surface area contributed by atoms with Crippen LogP contribution in [-0.4, -0.2) is 57.3 Å². The Morgan fingerprint density at radius 2 is 2.21 bits per heavy atom. The van der Waals surface area contributed by atoms with Crippen LogP contribution in [0, 0.1) is 5.92 Å². The molecule has 0 bridgehead atoms. The van der Waals surface area contributed by atoms with Crippen LogP contribution in [0.3, 0.4) is 0 Å². The topological polar surface area (TPSA) is 61.4 Å². The zero-order valence-electron chi connectivity index (χ0n) is 14.5. The number of likely N-dealkylation sites (tertiary alicyclic amines) is 1. The smallest absolute Gasteiger partial charge is 0.317 e. The first-order chi connectivity index (χ1) is 11.5. The molecule has 1 saturated heterocycles. The lowest BCUT2D eigenvalue weighted by molar-refractivity contribution is 0.204. The minimum atomic E-state index is -0.0190. The summed E-state index contributed by atoms with van der Waals surface area (Å²) in [5, 5.41) is 3.07. The third-order valence-electron chi connectivity index (χ3n) is 4.67. The molecule has 2 heterocycles. The summed E-state index contributed by atoms with van der Waals surface area (Å²) in [4.78, 5) is 16.5. The number of aromatic nitrogens is 2. The van der Waals surface area contributed by atoms with Gasteiger partial charge in [-0.05, 0) is 50.4 Å². The van der Waals surface area contributed by atoms with E-state index in [2.05, 4.69) is 32.8 Å².